The molecule has 0 saturated heterocycles. The van der Waals surface area contributed by atoms with Crippen LogP contribution in [0.2, 0.25) is 0 Å². The highest BCUT2D eigenvalue weighted by Crippen LogP contribution is 2.41. The molecule has 0 aliphatic carbocycles. The molecule has 1 aromatic rings. The van der Waals surface area contributed by atoms with Crippen molar-refractivity contribution < 1.29 is 5.11 Å². The van der Waals surface area contributed by atoms with Crippen molar-refractivity contribution in [1.82, 2.24) is 0 Å². The molecule has 0 heterocycles. The molecule has 0 spiro atoms. The molecule has 1 nitrogen and oxygen atoms in total. The largest absolute Gasteiger partial charge is 0.506 e. The Bertz CT molecular complexity index is 402. The number of phenolic OH excluding ortho intramolecular Hbond substituents is 1. The van der Waals surface area contributed by atoms with E-state index in [2.05, 4.69) is 33.8 Å². The van der Waals surface area contributed by atoms with Gasteiger partial charge in [0, 0.05) is 0 Å². The van der Waals surface area contributed by atoms with E-state index in [9.17, 15) is 5.11 Å². The number of aromatic hydroxyl groups is 1. The van der Waals surface area contributed by atoms with E-state index in [1.54, 1.807) is 23.5 Å². The van der Waals surface area contributed by atoms with Gasteiger partial charge in [-0.1, -0.05) is 26.7 Å². The summed E-state index contributed by atoms with van der Waals surface area (Å²) in [6.45, 7) is 8.66. The fourth-order valence-electron chi connectivity index (χ4n) is 1.77. The van der Waals surface area contributed by atoms with E-state index in [-0.39, 0.29) is 0 Å². The molecule has 1 aromatic carbocycles. The molecule has 0 amide bonds. The molecule has 0 atom stereocenters. The number of hydrogen-bond donors (Lipinski definition) is 1. The molecule has 0 aromatic heterocycles. The summed E-state index contributed by atoms with van der Waals surface area (Å²) in [4.78, 5) is 2.14. The monoisotopic (exact) mass is 298 g/mol. The van der Waals surface area contributed by atoms with Gasteiger partial charge < -0.3 is 5.11 Å². The molecule has 0 fully saturated rings. The van der Waals surface area contributed by atoms with Crippen molar-refractivity contribution in [2.45, 2.75) is 63.2 Å². The highest BCUT2D eigenvalue weighted by molar-refractivity contribution is 8.00. The van der Waals surface area contributed by atoms with Gasteiger partial charge in [-0.25, -0.2) is 0 Å². The first-order valence-electron chi connectivity index (χ1n) is 7.20. The first-order chi connectivity index (χ1) is 9.11. The molecule has 0 aliphatic heterocycles. The third-order valence-corrected chi connectivity index (χ3v) is 5.62. The van der Waals surface area contributed by atoms with Crippen molar-refractivity contribution in [3.05, 3.63) is 17.2 Å². The number of rotatable bonds is 8. The average Bonchev–Trinajstić information content (AvgIpc) is 2.40. The molecule has 108 valence electrons. The maximum absolute atomic E-state index is 10.5. The van der Waals surface area contributed by atoms with Gasteiger partial charge in [-0.3, -0.25) is 0 Å². The van der Waals surface area contributed by atoms with Crippen LogP contribution in [0.1, 0.15) is 50.7 Å². The molecule has 19 heavy (non-hydrogen) atoms. The molecule has 1 N–H and O–H groups in total. The van der Waals surface area contributed by atoms with Crippen LogP contribution >= 0.6 is 23.5 Å². The van der Waals surface area contributed by atoms with Crippen molar-refractivity contribution >= 4 is 23.5 Å². The first kappa shape index (κ1) is 16.8. The topological polar surface area (TPSA) is 20.2 Å². The van der Waals surface area contributed by atoms with Crippen LogP contribution in [0.25, 0.3) is 0 Å². The molecule has 0 saturated carbocycles. The van der Waals surface area contributed by atoms with Gasteiger partial charge in [-0.2, -0.15) is 0 Å². The van der Waals surface area contributed by atoms with Gasteiger partial charge >= 0.3 is 0 Å². The van der Waals surface area contributed by atoms with Crippen LogP contribution in [-0.4, -0.2) is 16.6 Å². The second-order valence-corrected chi connectivity index (χ2v) is 7.14. The van der Waals surface area contributed by atoms with Gasteiger partial charge in [0.1, 0.15) is 5.75 Å². The van der Waals surface area contributed by atoms with Crippen molar-refractivity contribution in [3.8, 4) is 5.75 Å². The Morgan fingerprint density at radius 2 is 1.58 bits per heavy atom. The Morgan fingerprint density at radius 3 is 2.16 bits per heavy atom. The van der Waals surface area contributed by atoms with Crippen LogP contribution in [0.5, 0.6) is 5.75 Å². The lowest BCUT2D eigenvalue weighted by Crippen LogP contribution is -1.91. The van der Waals surface area contributed by atoms with Crippen molar-refractivity contribution in [2.75, 3.05) is 11.5 Å². The van der Waals surface area contributed by atoms with Crippen molar-refractivity contribution in [3.63, 3.8) is 0 Å². The predicted molar refractivity (Wildman–Crippen MR) is 88.8 cm³/mol. The minimum atomic E-state index is 0.505. The number of benzene rings is 1. The molecule has 0 bridgehead atoms. The number of phenols is 1. The van der Waals surface area contributed by atoms with Gasteiger partial charge in [0.25, 0.3) is 0 Å². The lowest BCUT2D eigenvalue weighted by Gasteiger charge is -2.14. The number of aryl methyl sites for hydroxylation is 1. The normalized spacial score (nSPS) is 10.9. The summed E-state index contributed by atoms with van der Waals surface area (Å²) in [6.07, 6.45) is 4.82. The minimum Gasteiger partial charge on any atom is -0.506 e. The molecule has 1 rings (SSSR count). The molecule has 0 radical (unpaired) electrons. The second-order valence-electron chi connectivity index (χ2n) is 4.90. The summed E-state index contributed by atoms with van der Waals surface area (Å²) < 4.78 is 0. The van der Waals surface area contributed by atoms with Crippen LogP contribution in [0.15, 0.2) is 15.9 Å². The van der Waals surface area contributed by atoms with Gasteiger partial charge in [0.05, 0.1) is 9.79 Å². The van der Waals surface area contributed by atoms with Crippen LogP contribution in [0.3, 0.4) is 0 Å². The quantitative estimate of drug-likeness (QED) is 0.484. The SMILES string of the molecule is CCCCSc1cc(C)c(C)c(SCCCC)c1O. The van der Waals surface area contributed by atoms with E-state index >= 15 is 0 Å². The number of unbranched alkanes of at least 4 members (excludes halogenated alkanes) is 2. The fourth-order valence-corrected chi connectivity index (χ4v) is 4.25. The van der Waals surface area contributed by atoms with E-state index < -0.39 is 0 Å². The lowest BCUT2D eigenvalue weighted by molar-refractivity contribution is 0.447. The summed E-state index contributed by atoms with van der Waals surface area (Å²) in [5.74, 6) is 2.68. The smallest absolute Gasteiger partial charge is 0.142 e. The second kappa shape index (κ2) is 8.80. The third-order valence-electron chi connectivity index (χ3n) is 3.23. The Labute approximate surface area is 126 Å². The van der Waals surface area contributed by atoms with Crippen LogP contribution in [0, 0.1) is 13.8 Å². The average molecular weight is 299 g/mol. The van der Waals surface area contributed by atoms with E-state index in [1.807, 2.05) is 0 Å². The summed E-state index contributed by atoms with van der Waals surface area (Å²) in [5.41, 5.74) is 2.52. The molecular formula is C16H26OS2. The Hall–Kier alpha value is -0.280. The zero-order chi connectivity index (χ0) is 14.3. The third kappa shape index (κ3) is 4.96. The predicted octanol–water partition coefficient (Wildman–Crippen LogP) is 5.79. The molecule has 0 unspecified atom stereocenters. The van der Waals surface area contributed by atoms with E-state index in [1.165, 1.54) is 36.8 Å². The molecule has 3 heteroatoms. The Morgan fingerprint density at radius 1 is 1.00 bits per heavy atom. The number of thioether (sulfide) groups is 2. The summed E-state index contributed by atoms with van der Waals surface area (Å²) in [7, 11) is 0. The highest BCUT2D eigenvalue weighted by atomic mass is 32.2. The van der Waals surface area contributed by atoms with Crippen LogP contribution in [0.4, 0.5) is 0 Å². The summed E-state index contributed by atoms with van der Waals surface area (Å²) >= 11 is 3.59. The first-order valence-corrected chi connectivity index (χ1v) is 9.17. The van der Waals surface area contributed by atoms with Gasteiger partial charge in [-0.05, 0) is 55.4 Å². The van der Waals surface area contributed by atoms with Crippen LogP contribution < -0.4 is 0 Å². The van der Waals surface area contributed by atoms with Crippen molar-refractivity contribution in [2.24, 2.45) is 0 Å². The highest BCUT2D eigenvalue weighted by Gasteiger charge is 2.13. The molecule has 0 aliphatic rings. The Balaban J connectivity index is 2.87. The standard InChI is InChI=1S/C16H26OS2/c1-5-7-9-18-14-11-12(3)13(4)16(15(14)17)19-10-8-6-2/h11,17H,5-10H2,1-4H3. The zero-order valence-corrected chi connectivity index (χ0v) is 14.2. The summed E-state index contributed by atoms with van der Waals surface area (Å²) in [6, 6.07) is 2.13. The maximum Gasteiger partial charge on any atom is 0.142 e. The van der Waals surface area contributed by atoms with Crippen molar-refractivity contribution in [1.29, 1.82) is 0 Å². The lowest BCUT2D eigenvalue weighted by atomic mass is 10.1. The fraction of sp³-hybridized carbons (Fsp3) is 0.625. The zero-order valence-electron chi connectivity index (χ0n) is 12.6. The minimum absolute atomic E-state index is 0.505. The van der Waals surface area contributed by atoms with Gasteiger partial charge in [-0.15, -0.1) is 23.5 Å². The number of hydrogen-bond acceptors (Lipinski definition) is 3. The van der Waals surface area contributed by atoms with Gasteiger partial charge in [0.15, 0.2) is 0 Å². The van der Waals surface area contributed by atoms with E-state index in [0.29, 0.717) is 5.75 Å². The van der Waals surface area contributed by atoms with Gasteiger partial charge in [0.2, 0.25) is 0 Å². The maximum atomic E-state index is 10.5. The van der Waals surface area contributed by atoms with Crippen LogP contribution in [-0.2, 0) is 0 Å². The van der Waals surface area contributed by atoms with E-state index in [4.69, 9.17) is 0 Å². The molecular weight excluding hydrogens is 272 g/mol. The van der Waals surface area contributed by atoms with E-state index in [0.717, 1.165) is 21.3 Å². The summed E-state index contributed by atoms with van der Waals surface area (Å²) in [5, 5.41) is 10.5. The Kier molecular flexibility index (Phi) is 7.77.